The first-order valence-corrected chi connectivity index (χ1v) is 7.75. The van der Waals surface area contributed by atoms with Crippen LogP contribution in [-0.2, 0) is 4.74 Å². The van der Waals surface area contributed by atoms with Crippen LogP contribution in [0.25, 0.3) is 0 Å². The normalized spacial score (nSPS) is 23.4. The quantitative estimate of drug-likeness (QED) is 0.841. The standard InChI is InChI=1S/C16H24N2O3/c1-10-13(14(17-21-10)11-5-6-11)15(19)18-7-8-20-12(9-18)16(2,3)4/h11-12H,5-9H2,1-4H3. The molecule has 21 heavy (non-hydrogen) atoms. The first-order valence-electron chi connectivity index (χ1n) is 7.75. The molecule has 1 saturated heterocycles. The van der Waals surface area contributed by atoms with Gasteiger partial charge in [-0.05, 0) is 25.2 Å². The Morgan fingerprint density at radius 3 is 2.67 bits per heavy atom. The van der Waals surface area contributed by atoms with E-state index in [0.717, 1.165) is 18.5 Å². The zero-order chi connectivity index (χ0) is 15.2. The van der Waals surface area contributed by atoms with E-state index in [-0.39, 0.29) is 17.4 Å². The van der Waals surface area contributed by atoms with Crippen LogP contribution in [0.15, 0.2) is 4.52 Å². The summed E-state index contributed by atoms with van der Waals surface area (Å²) in [6.45, 7) is 10.1. The number of morpholine rings is 1. The number of hydrogen-bond acceptors (Lipinski definition) is 4. The number of amides is 1. The van der Waals surface area contributed by atoms with Gasteiger partial charge in [0.15, 0.2) is 0 Å². The number of ether oxygens (including phenoxy) is 1. The number of carbonyl (C=O) groups excluding carboxylic acids is 1. The molecular weight excluding hydrogens is 268 g/mol. The lowest BCUT2D eigenvalue weighted by Gasteiger charge is -2.39. The second-order valence-electron chi connectivity index (χ2n) is 7.25. The Hall–Kier alpha value is -1.36. The number of carbonyl (C=O) groups is 1. The highest BCUT2D eigenvalue weighted by Gasteiger charge is 2.38. The first-order chi connectivity index (χ1) is 9.88. The van der Waals surface area contributed by atoms with Crippen molar-refractivity contribution in [2.45, 2.75) is 52.6 Å². The number of hydrogen-bond donors (Lipinski definition) is 0. The molecule has 5 heteroatoms. The van der Waals surface area contributed by atoms with Gasteiger partial charge in [0, 0.05) is 19.0 Å². The van der Waals surface area contributed by atoms with E-state index >= 15 is 0 Å². The average Bonchev–Trinajstić information content (AvgIpc) is 3.20. The number of rotatable bonds is 2. The molecule has 5 nitrogen and oxygen atoms in total. The highest BCUT2D eigenvalue weighted by Crippen LogP contribution is 2.42. The fraction of sp³-hybridized carbons (Fsp3) is 0.750. The molecule has 2 heterocycles. The fourth-order valence-corrected chi connectivity index (χ4v) is 2.80. The predicted molar refractivity (Wildman–Crippen MR) is 78.3 cm³/mol. The summed E-state index contributed by atoms with van der Waals surface area (Å²) in [5.74, 6) is 1.11. The van der Waals surface area contributed by atoms with Crippen molar-refractivity contribution in [1.29, 1.82) is 0 Å². The number of aryl methyl sites for hydroxylation is 1. The Kier molecular flexibility index (Phi) is 3.56. The number of aromatic nitrogens is 1. The molecule has 0 radical (unpaired) electrons. The third-order valence-corrected chi connectivity index (χ3v) is 4.39. The van der Waals surface area contributed by atoms with Gasteiger partial charge in [0.2, 0.25) is 0 Å². The molecule has 0 aromatic carbocycles. The Morgan fingerprint density at radius 2 is 2.05 bits per heavy atom. The van der Waals surface area contributed by atoms with Gasteiger partial charge in [-0.2, -0.15) is 0 Å². The van der Waals surface area contributed by atoms with Crippen LogP contribution in [0.5, 0.6) is 0 Å². The number of nitrogens with zero attached hydrogens (tertiary/aromatic N) is 2. The van der Waals surface area contributed by atoms with Crippen molar-refractivity contribution in [3.05, 3.63) is 17.0 Å². The van der Waals surface area contributed by atoms with Crippen LogP contribution in [0.2, 0.25) is 0 Å². The second-order valence-corrected chi connectivity index (χ2v) is 7.25. The van der Waals surface area contributed by atoms with Gasteiger partial charge in [0.1, 0.15) is 11.3 Å². The van der Waals surface area contributed by atoms with Crippen LogP contribution in [-0.4, -0.2) is 41.8 Å². The van der Waals surface area contributed by atoms with Gasteiger partial charge >= 0.3 is 0 Å². The Bertz CT molecular complexity index is 540. The molecule has 3 rings (SSSR count). The lowest BCUT2D eigenvalue weighted by Crippen LogP contribution is -2.50. The molecule has 1 unspecified atom stereocenters. The minimum atomic E-state index is 0.0297. The second kappa shape index (κ2) is 5.13. The minimum absolute atomic E-state index is 0.0297. The summed E-state index contributed by atoms with van der Waals surface area (Å²) in [5.41, 5.74) is 1.57. The van der Waals surface area contributed by atoms with E-state index in [1.54, 1.807) is 0 Å². The van der Waals surface area contributed by atoms with Crippen molar-refractivity contribution in [3.63, 3.8) is 0 Å². The van der Waals surface area contributed by atoms with E-state index in [4.69, 9.17) is 9.26 Å². The van der Waals surface area contributed by atoms with Crippen LogP contribution < -0.4 is 0 Å². The van der Waals surface area contributed by atoms with Gasteiger partial charge in [0.25, 0.3) is 5.91 Å². The molecule has 1 aliphatic carbocycles. The average molecular weight is 292 g/mol. The molecule has 116 valence electrons. The third-order valence-electron chi connectivity index (χ3n) is 4.39. The lowest BCUT2D eigenvalue weighted by atomic mass is 9.88. The highest BCUT2D eigenvalue weighted by atomic mass is 16.5. The van der Waals surface area contributed by atoms with E-state index in [0.29, 0.717) is 36.9 Å². The SMILES string of the molecule is Cc1onc(C2CC2)c1C(=O)N1CCOC(C(C)(C)C)C1. The van der Waals surface area contributed by atoms with Gasteiger partial charge in [-0.25, -0.2) is 0 Å². The molecule has 1 aromatic heterocycles. The highest BCUT2D eigenvalue weighted by molar-refractivity contribution is 5.96. The van der Waals surface area contributed by atoms with Crippen molar-refractivity contribution in [2.24, 2.45) is 5.41 Å². The van der Waals surface area contributed by atoms with Crippen molar-refractivity contribution >= 4 is 5.91 Å². The van der Waals surface area contributed by atoms with Gasteiger partial charge in [-0.1, -0.05) is 25.9 Å². The molecule has 0 spiro atoms. The van der Waals surface area contributed by atoms with Crippen molar-refractivity contribution in [2.75, 3.05) is 19.7 Å². The Morgan fingerprint density at radius 1 is 1.33 bits per heavy atom. The Labute approximate surface area is 125 Å². The molecule has 1 amide bonds. The summed E-state index contributed by atoms with van der Waals surface area (Å²) >= 11 is 0. The van der Waals surface area contributed by atoms with Crippen LogP contribution in [0.3, 0.4) is 0 Å². The molecule has 2 aliphatic rings. The molecule has 1 aromatic rings. The van der Waals surface area contributed by atoms with Crippen LogP contribution in [0.1, 0.15) is 61.3 Å². The minimum Gasteiger partial charge on any atom is -0.374 e. The smallest absolute Gasteiger partial charge is 0.259 e. The topological polar surface area (TPSA) is 55.6 Å². The summed E-state index contributed by atoms with van der Waals surface area (Å²) in [6, 6.07) is 0. The maximum atomic E-state index is 12.9. The summed E-state index contributed by atoms with van der Waals surface area (Å²) in [6.07, 6.45) is 2.29. The lowest BCUT2D eigenvalue weighted by molar-refractivity contribution is -0.0707. The predicted octanol–water partition coefficient (Wildman–Crippen LogP) is 2.75. The summed E-state index contributed by atoms with van der Waals surface area (Å²) in [5, 5.41) is 4.11. The van der Waals surface area contributed by atoms with Crippen molar-refractivity contribution in [1.82, 2.24) is 10.1 Å². The van der Waals surface area contributed by atoms with E-state index < -0.39 is 0 Å². The van der Waals surface area contributed by atoms with Gasteiger partial charge < -0.3 is 14.2 Å². The molecule has 0 N–H and O–H groups in total. The molecular formula is C16H24N2O3. The molecule has 2 fully saturated rings. The Balaban J connectivity index is 1.80. The van der Waals surface area contributed by atoms with Crippen LogP contribution in [0.4, 0.5) is 0 Å². The summed E-state index contributed by atoms with van der Waals surface area (Å²) in [7, 11) is 0. The third kappa shape index (κ3) is 2.84. The molecule has 0 bridgehead atoms. The molecule has 1 atom stereocenters. The van der Waals surface area contributed by atoms with E-state index in [1.807, 2.05) is 11.8 Å². The first kappa shape index (κ1) is 14.6. The van der Waals surface area contributed by atoms with Crippen molar-refractivity contribution in [3.8, 4) is 0 Å². The summed E-state index contributed by atoms with van der Waals surface area (Å²) < 4.78 is 11.1. The van der Waals surface area contributed by atoms with Crippen molar-refractivity contribution < 1.29 is 14.1 Å². The molecule has 1 aliphatic heterocycles. The van der Waals surface area contributed by atoms with Gasteiger partial charge in [-0.3, -0.25) is 4.79 Å². The molecule has 1 saturated carbocycles. The fourth-order valence-electron chi connectivity index (χ4n) is 2.80. The van der Waals surface area contributed by atoms with Gasteiger partial charge in [-0.15, -0.1) is 0 Å². The van der Waals surface area contributed by atoms with E-state index in [2.05, 4.69) is 25.9 Å². The van der Waals surface area contributed by atoms with Crippen LogP contribution in [0, 0.1) is 12.3 Å². The monoisotopic (exact) mass is 292 g/mol. The zero-order valence-corrected chi connectivity index (χ0v) is 13.3. The zero-order valence-electron chi connectivity index (χ0n) is 13.3. The van der Waals surface area contributed by atoms with Gasteiger partial charge in [0.05, 0.1) is 18.4 Å². The van der Waals surface area contributed by atoms with E-state index in [9.17, 15) is 4.79 Å². The maximum absolute atomic E-state index is 12.9. The summed E-state index contributed by atoms with van der Waals surface area (Å²) in [4.78, 5) is 14.8. The van der Waals surface area contributed by atoms with Crippen LogP contribution >= 0.6 is 0 Å². The maximum Gasteiger partial charge on any atom is 0.259 e. The van der Waals surface area contributed by atoms with E-state index in [1.165, 1.54) is 0 Å². The largest absolute Gasteiger partial charge is 0.374 e.